The largest absolute Gasteiger partial charge is 0.342 e. The van der Waals surface area contributed by atoms with E-state index in [1.165, 1.54) is 0 Å². The molecule has 0 bridgehead atoms. The summed E-state index contributed by atoms with van der Waals surface area (Å²) >= 11 is 0. The van der Waals surface area contributed by atoms with Crippen LogP contribution in [-0.4, -0.2) is 35.3 Å². The molecule has 4 heteroatoms. The van der Waals surface area contributed by atoms with Crippen LogP contribution in [0, 0.1) is 11.8 Å². The fourth-order valence-corrected chi connectivity index (χ4v) is 2.50. The summed E-state index contributed by atoms with van der Waals surface area (Å²) in [5, 5.41) is 2.88. The van der Waals surface area contributed by atoms with Gasteiger partial charge < -0.3 is 10.2 Å². The summed E-state index contributed by atoms with van der Waals surface area (Å²) in [6, 6.07) is -0.357. The lowest BCUT2D eigenvalue weighted by molar-refractivity contribution is -0.157. The molecule has 0 aromatic carbocycles. The van der Waals surface area contributed by atoms with Gasteiger partial charge in [0.1, 0.15) is 11.6 Å². The van der Waals surface area contributed by atoms with Crippen molar-refractivity contribution in [2.24, 2.45) is 11.8 Å². The summed E-state index contributed by atoms with van der Waals surface area (Å²) in [6.45, 7) is 5.79. The molecule has 4 nitrogen and oxygen atoms in total. The maximum atomic E-state index is 12.2. The van der Waals surface area contributed by atoms with E-state index < -0.39 is 5.54 Å². The lowest BCUT2D eigenvalue weighted by Gasteiger charge is -2.45. The van der Waals surface area contributed by atoms with E-state index in [-0.39, 0.29) is 23.8 Å². The lowest BCUT2D eigenvalue weighted by atomic mass is 9.86. The molecule has 1 aliphatic heterocycles. The molecule has 1 aliphatic carbocycles. The van der Waals surface area contributed by atoms with Crippen molar-refractivity contribution in [2.75, 3.05) is 7.05 Å². The van der Waals surface area contributed by atoms with E-state index in [0.717, 1.165) is 12.8 Å². The summed E-state index contributed by atoms with van der Waals surface area (Å²) in [5.41, 5.74) is -0.623. The van der Waals surface area contributed by atoms with Crippen LogP contribution in [0.3, 0.4) is 0 Å². The average molecular weight is 224 g/mol. The highest BCUT2D eigenvalue weighted by molar-refractivity contribution is 6.00. The Morgan fingerprint density at radius 3 is 2.38 bits per heavy atom. The van der Waals surface area contributed by atoms with Crippen molar-refractivity contribution in [2.45, 2.75) is 45.2 Å². The molecule has 0 spiro atoms. The Morgan fingerprint density at radius 2 is 1.94 bits per heavy atom. The molecule has 16 heavy (non-hydrogen) atoms. The lowest BCUT2D eigenvalue weighted by Crippen LogP contribution is -2.70. The van der Waals surface area contributed by atoms with Crippen LogP contribution in [0.5, 0.6) is 0 Å². The first-order valence-electron chi connectivity index (χ1n) is 5.97. The number of carbonyl (C=O) groups is 2. The Morgan fingerprint density at radius 1 is 1.38 bits per heavy atom. The number of nitrogens with zero attached hydrogens (tertiary/aromatic N) is 1. The minimum atomic E-state index is -0.623. The molecule has 2 rings (SSSR count). The number of likely N-dealkylation sites (N-methyl/N-ethyl adjacent to an activating group) is 1. The van der Waals surface area contributed by atoms with E-state index in [1.807, 2.05) is 20.8 Å². The zero-order valence-corrected chi connectivity index (χ0v) is 10.4. The zero-order chi connectivity index (χ0) is 12.1. The van der Waals surface area contributed by atoms with Crippen molar-refractivity contribution in [3.8, 4) is 0 Å². The third-order valence-corrected chi connectivity index (χ3v) is 4.08. The van der Waals surface area contributed by atoms with Crippen LogP contribution in [0.25, 0.3) is 0 Å². The summed E-state index contributed by atoms with van der Waals surface area (Å²) < 4.78 is 0. The number of amides is 2. The van der Waals surface area contributed by atoms with Crippen LogP contribution in [0.2, 0.25) is 0 Å². The Bertz CT molecular complexity index is 334. The van der Waals surface area contributed by atoms with E-state index >= 15 is 0 Å². The second-order valence-electron chi connectivity index (χ2n) is 5.51. The third-order valence-electron chi connectivity index (χ3n) is 4.08. The SMILES string of the molecule is CC(C)C1NC(=O)C(C)(C2CC2)N(C)C1=O. The molecule has 2 amide bonds. The van der Waals surface area contributed by atoms with Crippen LogP contribution in [-0.2, 0) is 9.59 Å². The summed E-state index contributed by atoms with van der Waals surface area (Å²) in [6.07, 6.45) is 2.10. The van der Waals surface area contributed by atoms with Crippen LogP contribution in [0.15, 0.2) is 0 Å². The normalized spacial score (nSPS) is 35.6. The number of piperazine rings is 1. The van der Waals surface area contributed by atoms with Gasteiger partial charge in [-0.2, -0.15) is 0 Å². The summed E-state index contributed by atoms with van der Waals surface area (Å²) in [4.78, 5) is 26.0. The Labute approximate surface area is 96.4 Å². The maximum Gasteiger partial charge on any atom is 0.246 e. The molecule has 0 aromatic heterocycles. The molecule has 2 unspecified atom stereocenters. The molecule has 2 atom stereocenters. The molecular weight excluding hydrogens is 204 g/mol. The molecule has 2 fully saturated rings. The van der Waals surface area contributed by atoms with Gasteiger partial charge in [-0.1, -0.05) is 13.8 Å². The van der Waals surface area contributed by atoms with Gasteiger partial charge in [0.05, 0.1) is 0 Å². The second kappa shape index (κ2) is 3.47. The van der Waals surface area contributed by atoms with Crippen molar-refractivity contribution in [3.63, 3.8) is 0 Å². The van der Waals surface area contributed by atoms with Crippen LogP contribution in [0.1, 0.15) is 33.6 Å². The van der Waals surface area contributed by atoms with Gasteiger partial charge in [0.15, 0.2) is 0 Å². The number of carbonyl (C=O) groups excluding carboxylic acids is 2. The van der Waals surface area contributed by atoms with Gasteiger partial charge in [-0.05, 0) is 31.6 Å². The Balaban J connectivity index is 2.27. The van der Waals surface area contributed by atoms with Crippen LogP contribution >= 0.6 is 0 Å². The van der Waals surface area contributed by atoms with E-state index in [4.69, 9.17) is 0 Å². The Hall–Kier alpha value is -1.06. The molecule has 0 radical (unpaired) electrons. The van der Waals surface area contributed by atoms with Gasteiger partial charge in [-0.25, -0.2) is 0 Å². The molecule has 0 aromatic rings. The number of nitrogens with one attached hydrogen (secondary N) is 1. The number of hydrogen-bond acceptors (Lipinski definition) is 2. The fraction of sp³-hybridized carbons (Fsp3) is 0.833. The van der Waals surface area contributed by atoms with Crippen molar-refractivity contribution in [3.05, 3.63) is 0 Å². The van der Waals surface area contributed by atoms with Crippen LogP contribution < -0.4 is 5.32 Å². The molecular formula is C12H20N2O2. The Kier molecular flexibility index (Phi) is 2.48. The molecule has 1 saturated carbocycles. The highest BCUT2D eigenvalue weighted by Crippen LogP contribution is 2.44. The quantitative estimate of drug-likeness (QED) is 0.753. The third kappa shape index (κ3) is 1.43. The van der Waals surface area contributed by atoms with Crippen molar-refractivity contribution in [1.29, 1.82) is 0 Å². The van der Waals surface area contributed by atoms with Crippen molar-refractivity contribution >= 4 is 11.8 Å². The minimum absolute atomic E-state index is 0.0100. The number of hydrogen-bond donors (Lipinski definition) is 1. The van der Waals surface area contributed by atoms with Crippen molar-refractivity contribution in [1.82, 2.24) is 10.2 Å². The summed E-state index contributed by atoms with van der Waals surface area (Å²) in [7, 11) is 1.76. The van der Waals surface area contributed by atoms with E-state index in [0.29, 0.717) is 5.92 Å². The zero-order valence-electron chi connectivity index (χ0n) is 10.4. The molecule has 90 valence electrons. The number of rotatable bonds is 2. The maximum absolute atomic E-state index is 12.2. The highest BCUT2D eigenvalue weighted by atomic mass is 16.2. The van der Waals surface area contributed by atoms with Crippen LogP contribution in [0.4, 0.5) is 0 Å². The predicted octanol–water partition coefficient (Wildman–Crippen LogP) is 0.768. The molecule has 2 aliphatic rings. The summed E-state index contributed by atoms with van der Waals surface area (Å²) in [5.74, 6) is 0.539. The topological polar surface area (TPSA) is 49.4 Å². The van der Waals surface area contributed by atoms with Gasteiger partial charge in [-0.3, -0.25) is 9.59 Å². The first-order chi connectivity index (χ1) is 7.39. The highest BCUT2D eigenvalue weighted by Gasteiger charge is 2.55. The van der Waals surface area contributed by atoms with E-state index in [9.17, 15) is 9.59 Å². The van der Waals surface area contributed by atoms with E-state index in [2.05, 4.69) is 5.32 Å². The predicted molar refractivity (Wildman–Crippen MR) is 60.7 cm³/mol. The monoisotopic (exact) mass is 224 g/mol. The second-order valence-corrected chi connectivity index (χ2v) is 5.51. The molecule has 1 saturated heterocycles. The first kappa shape index (κ1) is 11.4. The first-order valence-corrected chi connectivity index (χ1v) is 5.97. The van der Waals surface area contributed by atoms with Gasteiger partial charge in [0.25, 0.3) is 0 Å². The van der Waals surface area contributed by atoms with Gasteiger partial charge >= 0.3 is 0 Å². The van der Waals surface area contributed by atoms with Gasteiger partial charge in [0, 0.05) is 7.05 Å². The van der Waals surface area contributed by atoms with E-state index in [1.54, 1.807) is 11.9 Å². The fourth-order valence-electron chi connectivity index (χ4n) is 2.50. The van der Waals surface area contributed by atoms with Gasteiger partial charge in [0.2, 0.25) is 11.8 Å². The molecule has 1 N–H and O–H groups in total. The molecule has 1 heterocycles. The average Bonchev–Trinajstić information content (AvgIpc) is 3.03. The van der Waals surface area contributed by atoms with Crippen molar-refractivity contribution < 1.29 is 9.59 Å². The smallest absolute Gasteiger partial charge is 0.246 e. The standard InChI is InChI=1S/C12H20N2O2/c1-7(2)9-10(15)14(4)12(3,8-5-6-8)11(16)13-9/h7-9H,5-6H2,1-4H3,(H,13,16). The minimum Gasteiger partial charge on any atom is -0.342 e. The van der Waals surface area contributed by atoms with Gasteiger partial charge in [-0.15, -0.1) is 0 Å².